The zero-order chi connectivity index (χ0) is 19.3. The van der Waals surface area contributed by atoms with Gasteiger partial charge in [-0.05, 0) is 86.8 Å². The molecule has 2 aromatic rings. The average Bonchev–Trinajstić information content (AvgIpc) is 3.08. The monoisotopic (exact) mass is 400 g/mol. The van der Waals surface area contributed by atoms with E-state index in [9.17, 15) is 9.18 Å². The molecule has 0 atom stereocenters. The number of benzene rings is 1. The van der Waals surface area contributed by atoms with E-state index in [1.165, 1.54) is 43.2 Å². The van der Waals surface area contributed by atoms with Gasteiger partial charge >= 0.3 is 0 Å². The van der Waals surface area contributed by atoms with Crippen molar-refractivity contribution >= 4 is 17.7 Å². The van der Waals surface area contributed by atoms with E-state index in [4.69, 9.17) is 0 Å². The third-order valence-electron chi connectivity index (χ3n) is 6.89. The summed E-state index contributed by atoms with van der Waals surface area (Å²) in [4.78, 5) is 13.2. The highest BCUT2D eigenvalue weighted by Gasteiger charge is 2.54. The maximum Gasteiger partial charge on any atom is 0.226 e. The number of amides is 1. The number of rotatable bonds is 5. The van der Waals surface area contributed by atoms with Crippen molar-refractivity contribution in [1.29, 1.82) is 0 Å². The van der Waals surface area contributed by atoms with Crippen molar-refractivity contribution in [3.63, 3.8) is 0 Å². The van der Waals surface area contributed by atoms with Gasteiger partial charge in [-0.25, -0.2) is 4.39 Å². The van der Waals surface area contributed by atoms with E-state index in [0.717, 1.165) is 47.9 Å². The molecule has 4 saturated carbocycles. The molecule has 1 N–H and O–H groups in total. The first kappa shape index (κ1) is 18.2. The third-order valence-corrected chi connectivity index (χ3v) is 7.52. The molecule has 0 spiro atoms. The Bertz CT molecular complexity index is 859. The molecule has 1 heterocycles. The molecule has 1 aromatic heterocycles. The maximum absolute atomic E-state index is 13.3. The summed E-state index contributed by atoms with van der Waals surface area (Å²) >= 11 is 1.48. The van der Waals surface area contributed by atoms with Gasteiger partial charge in [0.05, 0.1) is 6.54 Å². The van der Waals surface area contributed by atoms with E-state index in [2.05, 4.69) is 15.5 Å². The Morgan fingerprint density at radius 3 is 2.32 bits per heavy atom. The second-order valence-electron chi connectivity index (χ2n) is 8.80. The Kier molecular flexibility index (Phi) is 4.45. The van der Waals surface area contributed by atoms with Gasteiger partial charge in [0.2, 0.25) is 5.91 Å². The van der Waals surface area contributed by atoms with Crippen LogP contribution in [0.4, 0.5) is 4.39 Å². The van der Waals surface area contributed by atoms with Crippen LogP contribution in [0.25, 0.3) is 5.69 Å². The Labute approximate surface area is 168 Å². The molecule has 28 heavy (non-hydrogen) atoms. The van der Waals surface area contributed by atoms with Gasteiger partial charge in [0, 0.05) is 11.1 Å². The van der Waals surface area contributed by atoms with Crippen LogP contribution in [0.3, 0.4) is 0 Å². The summed E-state index contributed by atoms with van der Waals surface area (Å²) in [7, 11) is 0. The van der Waals surface area contributed by atoms with Crippen LogP contribution >= 0.6 is 11.8 Å². The smallest absolute Gasteiger partial charge is 0.226 e. The van der Waals surface area contributed by atoms with Gasteiger partial charge in [0.1, 0.15) is 5.82 Å². The molecule has 0 aliphatic heterocycles. The summed E-state index contributed by atoms with van der Waals surface area (Å²) in [6, 6.07) is 6.28. The fraction of sp³-hybridized carbons (Fsp3) is 0.571. The minimum absolute atomic E-state index is 0.169. The number of carbonyl (C=O) groups is 1. The van der Waals surface area contributed by atoms with E-state index in [1.54, 1.807) is 12.1 Å². The average molecular weight is 401 g/mol. The number of carbonyl (C=O) groups excluding carboxylic acids is 1. The highest BCUT2D eigenvalue weighted by molar-refractivity contribution is 7.98. The first-order chi connectivity index (χ1) is 13.6. The fourth-order valence-electron chi connectivity index (χ4n) is 6.13. The van der Waals surface area contributed by atoms with Crippen molar-refractivity contribution < 1.29 is 9.18 Å². The molecule has 1 aromatic carbocycles. The maximum atomic E-state index is 13.3. The van der Waals surface area contributed by atoms with Crippen molar-refractivity contribution in [2.45, 2.75) is 50.2 Å². The van der Waals surface area contributed by atoms with Crippen LogP contribution in [-0.4, -0.2) is 26.9 Å². The quantitative estimate of drug-likeness (QED) is 0.772. The number of nitrogens with zero attached hydrogens (tertiary/aromatic N) is 3. The largest absolute Gasteiger partial charge is 0.348 e. The van der Waals surface area contributed by atoms with E-state index >= 15 is 0 Å². The van der Waals surface area contributed by atoms with Crippen LogP contribution in [0.1, 0.15) is 44.3 Å². The number of aromatic nitrogens is 3. The van der Waals surface area contributed by atoms with Crippen LogP contribution in [-0.2, 0) is 11.3 Å². The fourth-order valence-corrected chi connectivity index (χ4v) is 6.65. The zero-order valence-electron chi connectivity index (χ0n) is 16.0. The summed E-state index contributed by atoms with van der Waals surface area (Å²) in [5, 5.41) is 12.4. The number of hydrogen-bond donors (Lipinski definition) is 1. The molecule has 5 nitrogen and oxygen atoms in total. The second kappa shape index (κ2) is 6.87. The molecule has 6 rings (SSSR count). The van der Waals surface area contributed by atoms with Crippen molar-refractivity contribution in [2.24, 2.45) is 23.2 Å². The lowest BCUT2D eigenvalue weighted by atomic mass is 9.49. The highest BCUT2D eigenvalue weighted by Crippen LogP contribution is 2.60. The van der Waals surface area contributed by atoms with Crippen LogP contribution in [0.15, 0.2) is 29.4 Å². The van der Waals surface area contributed by atoms with Crippen molar-refractivity contribution in [2.75, 3.05) is 6.26 Å². The van der Waals surface area contributed by atoms with E-state index in [0.29, 0.717) is 12.4 Å². The van der Waals surface area contributed by atoms with Crippen molar-refractivity contribution in [3.8, 4) is 5.69 Å². The third kappa shape index (κ3) is 3.04. The summed E-state index contributed by atoms with van der Waals surface area (Å²) in [6.45, 7) is 0.339. The summed E-state index contributed by atoms with van der Waals surface area (Å²) in [6.07, 6.45) is 9.04. The zero-order valence-corrected chi connectivity index (χ0v) is 16.8. The highest BCUT2D eigenvalue weighted by atomic mass is 32.2. The summed E-state index contributed by atoms with van der Waals surface area (Å²) < 4.78 is 15.2. The molecule has 4 aliphatic rings. The molecule has 7 heteroatoms. The van der Waals surface area contributed by atoms with Gasteiger partial charge in [-0.2, -0.15) is 0 Å². The lowest BCUT2D eigenvalue weighted by Gasteiger charge is -2.55. The standard InChI is InChI=1S/C21H25FN4OS/c1-28-20-25-24-18(26(20)17-4-2-16(22)3-5-17)12-23-19(27)21-9-13-6-14(10-21)8-15(7-13)11-21/h2-5,13-15H,6-12H2,1H3,(H,23,27). The van der Waals surface area contributed by atoms with Crippen LogP contribution < -0.4 is 5.32 Å². The summed E-state index contributed by atoms with van der Waals surface area (Å²) in [5.74, 6) is 2.80. The molecular weight excluding hydrogens is 375 g/mol. The Balaban J connectivity index is 1.35. The molecule has 4 aliphatic carbocycles. The Morgan fingerprint density at radius 1 is 1.14 bits per heavy atom. The SMILES string of the molecule is CSc1nnc(CNC(=O)C23CC4CC(CC(C4)C2)C3)n1-c1ccc(F)cc1. The van der Waals surface area contributed by atoms with Gasteiger partial charge in [0.15, 0.2) is 11.0 Å². The predicted octanol–water partition coefficient (Wildman–Crippen LogP) is 3.96. The van der Waals surface area contributed by atoms with Crippen molar-refractivity contribution in [1.82, 2.24) is 20.1 Å². The molecule has 148 valence electrons. The minimum atomic E-state index is -0.279. The normalized spacial score (nSPS) is 30.6. The van der Waals surface area contributed by atoms with E-state index < -0.39 is 0 Å². The number of hydrogen-bond acceptors (Lipinski definition) is 4. The van der Waals surface area contributed by atoms with Crippen LogP contribution in [0, 0.1) is 29.0 Å². The van der Waals surface area contributed by atoms with Gasteiger partial charge in [-0.15, -0.1) is 10.2 Å². The van der Waals surface area contributed by atoms with Gasteiger partial charge < -0.3 is 5.32 Å². The van der Waals surface area contributed by atoms with Gasteiger partial charge in [0.25, 0.3) is 0 Å². The molecule has 0 unspecified atom stereocenters. The number of nitrogens with one attached hydrogen (secondary N) is 1. The lowest BCUT2D eigenvalue weighted by molar-refractivity contribution is -0.146. The predicted molar refractivity (Wildman–Crippen MR) is 106 cm³/mol. The second-order valence-corrected chi connectivity index (χ2v) is 9.57. The number of halogens is 1. The minimum Gasteiger partial charge on any atom is -0.348 e. The topological polar surface area (TPSA) is 59.8 Å². The lowest BCUT2D eigenvalue weighted by Crippen LogP contribution is -2.53. The molecule has 0 radical (unpaired) electrons. The van der Waals surface area contributed by atoms with E-state index in [-0.39, 0.29) is 17.1 Å². The molecule has 4 bridgehead atoms. The molecular formula is C21H25FN4OS. The Morgan fingerprint density at radius 2 is 1.75 bits per heavy atom. The van der Waals surface area contributed by atoms with Gasteiger partial charge in [-0.1, -0.05) is 11.8 Å². The van der Waals surface area contributed by atoms with Crippen LogP contribution in [0.5, 0.6) is 0 Å². The van der Waals surface area contributed by atoms with Gasteiger partial charge in [-0.3, -0.25) is 9.36 Å². The Hall–Kier alpha value is -1.89. The first-order valence-electron chi connectivity index (χ1n) is 10.1. The number of thioether (sulfide) groups is 1. The molecule has 1 amide bonds. The van der Waals surface area contributed by atoms with Crippen molar-refractivity contribution in [3.05, 3.63) is 35.9 Å². The summed E-state index contributed by atoms with van der Waals surface area (Å²) in [5.41, 5.74) is 0.632. The molecule has 0 saturated heterocycles. The molecule has 4 fully saturated rings. The van der Waals surface area contributed by atoms with E-state index in [1.807, 2.05) is 10.8 Å². The first-order valence-corrected chi connectivity index (χ1v) is 11.3. The van der Waals surface area contributed by atoms with Crippen LogP contribution in [0.2, 0.25) is 0 Å².